The van der Waals surface area contributed by atoms with Gasteiger partial charge in [0.1, 0.15) is 0 Å². The molecule has 1 aromatic rings. The highest BCUT2D eigenvalue weighted by Crippen LogP contribution is 2.23. The zero-order chi connectivity index (χ0) is 11.5. The topological polar surface area (TPSA) is 38.5 Å². The van der Waals surface area contributed by atoms with Gasteiger partial charge in [0, 0.05) is 30.3 Å². The maximum atomic E-state index is 5.99. The van der Waals surface area contributed by atoms with Crippen LogP contribution in [0, 0.1) is 0 Å². The second-order valence-electron chi connectivity index (χ2n) is 4.19. The summed E-state index contributed by atoms with van der Waals surface area (Å²) in [4.78, 5) is 2.28. The predicted octanol–water partition coefficient (Wildman–Crippen LogP) is 1.89. The Bertz CT molecular complexity index is 359. The molecule has 0 spiro atoms. The Hall–Kier alpha value is -0.770. The summed E-state index contributed by atoms with van der Waals surface area (Å²) in [6.45, 7) is 4.35. The highest BCUT2D eigenvalue weighted by molar-refractivity contribution is 6.30. The fraction of sp³-hybridized carbons (Fsp3) is 0.500. The van der Waals surface area contributed by atoms with Gasteiger partial charge in [-0.15, -0.1) is 0 Å². The molecule has 4 heteroatoms. The van der Waals surface area contributed by atoms with Crippen molar-refractivity contribution in [3.8, 4) is 0 Å². The van der Waals surface area contributed by atoms with Gasteiger partial charge in [0.25, 0.3) is 0 Å². The molecule has 1 aliphatic heterocycles. The zero-order valence-corrected chi connectivity index (χ0v) is 10.2. The van der Waals surface area contributed by atoms with Crippen molar-refractivity contribution in [2.24, 2.45) is 5.73 Å². The van der Waals surface area contributed by atoms with Crippen LogP contribution in [-0.4, -0.2) is 31.8 Å². The summed E-state index contributed by atoms with van der Waals surface area (Å²) in [6, 6.07) is 7.90. The van der Waals surface area contributed by atoms with E-state index in [0.717, 1.165) is 23.8 Å². The summed E-state index contributed by atoms with van der Waals surface area (Å²) in [7, 11) is 0. The molecular formula is C12H17ClN2O. The minimum atomic E-state index is 0.114. The Morgan fingerprint density at radius 3 is 3.00 bits per heavy atom. The Balaban J connectivity index is 2.14. The van der Waals surface area contributed by atoms with Crippen molar-refractivity contribution in [2.45, 2.75) is 19.1 Å². The lowest BCUT2D eigenvalue weighted by atomic mass is 10.2. The molecule has 2 rings (SSSR count). The number of hydrogen-bond donors (Lipinski definition) is 1. The number of benzene rings is 1. The zero-order valence-electron chi connectivity index (χ0n) is 9.40. The Kier molecular flexibility index (Phi) is 3.69. The van der Waals surface area contributed by atoms with Gasteiger partial charge in [0.2, 0.25) is 0 Å². The van der Waals surface area contributed by atoms with E-state index in [2.05, 4.69) is 17.9 Å². The average Bonchev–Trinajstić information content (AvgIpc) is 2.28. The highest BCUT2D eigenvalue weighted by atomic mass is 35.5. The van der Waals surface area contributed by atoms with Crippen molar-refractivity contribution in [2.75, 3.05) is 24.5 Å². The van der Waals surface area contributed by atoms with Crippen LogP contribution in [0.15, 0.2) is 24.3 Å². The first-order chi connectivity index (χ1) is 7.69. The first kappa shape index (κ1) is 11.7. The van der Waals surface area contributed by atoms with Crippen LogP contribution in [0.25, 0.3) is 0 Å². The lowest BCUT2D eigenvalue weighted by molar-refractivity contribution is -0.0104. The summed E-state index contributed by atoms with van der Waals surface area (Å²) >= 11 is 5.99. The maximum absolute atomic E-state index is 5.99. The van der Waals surface area contributed by atoms with Crippen LogP contribution in [0.5, 0.6) is 0 Å². The fourth-order valence-corrected chi connectivity index (χ4v) is 2.24. The molecule has 1 aromatic carbocycles. The van der Waals surface area contributed by atoms with E-state index in [9.17, 15) is 0 Å². The van der Waals surface area contributed by atoms with E-state index in [0.29, 0.717) is 6.54 Å². The van der Waals surface area contributed by atoms with Crippen LogP contribution in [-0.2, 0) is 4.74 Å². The third kappa shape index (κ3) is 2.67. The molecule has 16 heavy (non-hydrogen) atoms. The highest BCUT2D eigenvalue weighted by Gasteiger charge is 2.24. The van der Waals surface area contributed by atoms with E-state index in [1.165, 1.54) is 0 Å². The lowest BCUT2D eigenvalue weighted by Crippen LogP contribution is -2.49. The molecule has 1 fully saturated rings. The molecule has 2 atom stereocenters. The summed E-state index contributed by atoms with van der Waals surface area (Å²) in [5, 5.41) is 0.765. The molecule has 2 unspecified atom stereocenters. The molecule has 2 N–H and O–H groups in total. The summed E-state index contributed by atoms with van der Waals surface area (Å²) in [6.07, 6.45) is 0.323. The van der Waals surface area contributed by atoms with Gasteiger partial charge in [-0.1, -0.05) is 17.7 Å². The number of morpholine rings is 1. The number of nitrogens with zero attached hydrogens (tertiary/aromatic N) is 1. The van der Waals surface area contributed by atoms with E-state index in [4.69, 9.17) is 22.1 Å². The molecule has 88 valence electrons. The number of nitrogens with two attached hydrogens (primary N) is 1. The SMILES string of the molecule is CC1CN(c2cccc(Cl)c2)CC(CN)O1. The molecule has 1 aliphatic rings. The Morgan fingerprint density at radius 2 is 2.31 bits per heavy atom. The van der Waals surface area contributed by atoms with E-state index in [-0.39, 0.29) is 12.2 Å². The monoisotopic (exact) mass is 240 g/mol. The summed E-state index contributed by atoms with van der Waals surface area (Å²) in [5.74, 6) is 0. The quantitative estimate of drug-likeness (QED) is 0.858. The second kappa shape index (κ2) is 5.04. The van der Waals surface area contributed by atoms with Gasteiger partial charge in [-0.05, 0) is 25.1 Å². The van der Waals surface area contributed by atoms with Crippen LogP contribution in [0.4, 0.5) is 5.69 Å². The van der Waals surface area contributed by atoms with Gasteiger partial charge < -0.3 is 15.4 Å². The number of ether oxygens (including phenoxy) is 1. The van der Waals surface area contributed by atoms with Crippen molar-refractivity contribution in [3.05, 3.63) is 29.3 Å². The van der Waals surface area contributed by atoms with Gasteiger partial charge in [-0.25, -0.2) is 0 Å². The van der Waals surface area contributed by atoms with E-state index < -0.39 is 0 Å². The molecule has 1 heterocycles. The van der Waals surface area contributed by atoms with Crippen molar-refractivity contribution in [3.63, 3.8) is 0 Å². The molecule has 3 nitrogen and oxygen atoms in total. The third-order valence-corrected chi connectivity index (χ3v) is 3.00. The van der Waals surface area contributed by atoms with Gasteiger partial charge in [-0.2, -0.15) is 0 Å². The smallest absolute Gasteiger partial charge is 0.0876 e. The first-order valence-electron chi connectivity index (χ1n) is 5.55. The van der Waals surface area contributed by atoms with Crippen molar-refractivity contribution >= 4 is 17.3 Å². The van der Waals surface area contributed by atoms with Gasteiger partial charge >= 0.3 is 0 Å². The summed E-state index contributed by atoms with van der Waals surface area (Å²) in [5.41, 5.74) is 6.80. The molecule has 0 amide bonds. The van der Waals surface area contributed by atoms with E-state index in [1.54, 1.807) is 0 Å². The van der Waals surface area contributed by atoms with Gasteiger partial charge in [-0.3, -0.25) is 0 Å². The maximum Gasteiger partial charge on any atom is 0.0876 e. The van der Waals surface area contributed by atoms with Crippen LogP contribution in [0.3, 0.4) is 0 Å². The minimum Gasteiger partial charge on any atom is -0.370 e. The largest absolute Gasteiger partial charge is 0.370 e. The Labute approximate surface area is 101 Å². The minimum absolute atomic E-state index is 0.114. The molecule has 0 radical (unpaired) electrons. The van der Waals surface area contributed by atoms with E-state index >= 15 is 0 Å². The first-order valence-corrected chi connectivity index (χ1v) is 5.93. The second-order valence-corrected chi connectivity index (χ2v) is 4.63. The van der Waals surface area contributed by atoms with Gasteiger partial charge in [0.05, 0.1) is 12.2 Å². The van der Waals surface area contributed by atoms with Crippen LogP contribution >= 0.6 is 11.6 Å². The molecule has 1 saturated heterocycles. The number of halogens is 1. The summed E-state index contributed by atoms with van der Waals surface area (Å²) < 4.78 is 5.72. The third-order valence-electron chi connectivity index (χ3n) is 2.76. The lowest BCUT2D eigenvalue weighted by Gasteiger charge is -2.37. The number of hydrogen-bond acceptors (Lipinski definition) is 3. The molecular weight excluding hydrogens is 224 g/mol. The molecule has 0 saturated carbocycles. The number of rotatable bonds is 2. The van der Waals surface area contributed by atoms with Gasteiger partial charge in [0.15, 0.2) is 0 Å². The van der Waals surface area contributed by atoms with E-state index in [1.807, 2.05) is 18.2 Å². The standard InChI is InChI=1S/C12H17ClN2O/c1-9-7-15(8-12(6-14)16-9)11-4-2-3-10(13)5-11/h2-5,9,12H,6-8,14H2,1H3. The molecule has 0 aliphatic carbocycles. The van der Waals surface area contributed by atoms with Crippen LogP contribution in [0.1, 0.15) is 6.92 Å². The Morgan fingerprint density at radius 1 is 1.50 bits per heavy atom. The van der Waals surface area contributed by atoms with Crippen LogP contribution < -0.4 is 10.6 Å². The fourth-order valence-electron chi connectivity index (χ4n) is 2.06. The normalized spacial score (nSPS) is 25.8. The number of anilines is 1. The molecule has 0 bridgehead atoms. The van der Waals surface area contributed by atoms with Crippen molar-refractivity contribution < 1.29 is 4.74 Å². The van der Waals surface area contributed by atoms with Crippen LogP contribution in [0.2, 0.25) is 5.02 Å². The molecule has 0 aromatic heterocycles. The van der Waals surface area contributed by atoms with Crippen molar-refractivity contribution in [1.29, 1.82) is 0 Å². The predicted molar refractivity (Wildman–Crippen MR) is 67.1 cm³/mol. The van der Waals surface area contributed by atoms with Crippen molar-refractivity contribution in [1.82, 2.24) is 0 Å². The average molecular weight is 241 g/mol.